The molecule has 0 saturated carbocycles. The van der Waals surface area contributed by atoms with Crippen molar-refractivity contribution in [3.05, 3.63) is 135 Å². The summed E-state index contributed by atoms with van der Waals surface area (Å²) in [7, 11) is 7.89. The van der Waals surface area contributed by atoms with Gasteiger partial charge in [0.15, 0.2) is 5.82 Å². The molecule has 4 aliphatic rings. The number of ether oxygens (including phenoxy) is 2. The van der Waals surface area contributed by atoms with E-state index >= 15 is 0 Å². The summed E-state index contributed by atoms with van der Waals surface area (Å²) >= 11 is 8.90. The number of fused-ring (bicyclic) bond motifs is 2. The second-order valence-corrected chi connectivity index (χ2v) is 21.2. The van der Waals surface area contributed by atoms with Crippen molar-refractivity contribution in [3.8, 4) is 0 Å². The molecular weight excluding hydrogens is 1100 g/mol. The fraction of sp³-hybridized carbons (Fsp3) is 0.400. The monoisotopic (exact) mass is 1180 g/mol. The summed E-state index contributed by atoms with van der Waals surface area (Å²) in [5.41, 5.74) is 13.1. The van der Waals surface area contributed by atoms with Gasteiger partial charge < -0.3 is 35.2 Å². The number of anilines is 1. The van der Waals surface area contributed by atoms with Crippen LogP contribution in [-0.4, -0.2) is 153 Å². The van der Waals surface area contributed by atoms with E-state index in [0.717, 1.165) is 72.4 Å². The van der Waals surface area contributed by atoms with Gasteiger partial charge in [-0.3, -0.25) is 19.8 Å². The van der Waals surface area contributed by atoms with Gasteiger partial charge in [-0.05, 0) is 101 Å². The van der Waals surface area contributed by atoms with Crippen molar-refractivity contribution in [2.45, 2.75) is 80.2 Å². The number of amidine groups is 2. The van der Waals surface area contributed by atoms with Gasteiger partial charge in [-0.1, -0.05) is 94.5 Å². The first kappa shape index (κ1) is 68.9. The van der Waals surface area contributed by atoms with E-state index in [0.29, 0.717) is 50.3 Å². The van der Waals surface area contributed by atoms with E-state index in [1.807, 2.05) is 135 Å². The Bertz CT molecular complexity index is 3100. The number of nitrogens with zero attached hydrogens (tertiary/aromatic N) is 10. The fourth-order valence-electron chi connectivity index (χ4n) is 8.75. The SMILES string of the molecule is C.C.C.CC(=O)OO.CN(C)C[C@@H](OC(=O)N1CC2=C(CN=C2N)C1(C)C)c1ccccc1.CN(C)C[C@@H](OC(=O)N1CC2=C(CN=C2Nc2ncnc3ccsc23)C1(C)C)c1ccccc1.Clc1ncnc2ccsc12.S.S. The number of benzene rings is 2. The molecule has 0 spiro atoms. The lowest BCUT2D eigenvalue weighted by molar-refractivity contribution is -0.231. The molecule has 4 aliphatic heterocycles. The normalized spacial score (nSPS) is 15.7. The van der Waals surface area contributed by atoms with Gasteiger partial charge in [-0.2, -0.15) is 32.2 Å². The highest BCUT2D eigenvalue weighted by Gasteiger charge is 2.48. The van der Waals surface area contributed by atoms with Crippen molar-refractivity contribution < 1.29 is 34.0 Å². The maximum absolute atomic E-state index is 13.4. The highest BCUT2D eigenvalue weighted by atomic mass is 35.5. The number of hydrogen-bond acceptors (Lipinski definition) is 19. The third-order valence-corrected chi connectivity index (χ3v) is 14.9. The van der Waals surface area contributed by atoms with E-state index in [-0.39, 0.29) is 73.7 Å². The molecule has 79 heavy (non-hydrogen) atoms. The van der Waals surface area contributed by atoms with Crippen LogP contribution in [-0.2, 0) is 19.2 Å². The zero-order valence-electron chi connectivity index (χ0n) is 43.8. The zero-order valence-corrected chi connectivity index (χ0v) is 48.2. The molecule has 4 N–H and O–H groups in total. The first-order valence-corrected chi connectivity index (χ1v) is 25.7. The number of nitrogens with two attached hydrogens (primary N) is 1. The van der Waals surface area contributed by atoms with Crippen molar-refractivity contribution >= 4 is 117 Å². The van der Waals surface area contributed by atoms with Crippen LogP contribution in [0.2, 0.25) is 5.15 Å². The maximum Gasteiger partial charge on any atom is 0.411 e. The summed E-state index contributed by atoms with van der Waals surface area (Å²) in [6, 6.07) is 23.6. The summed E-state index contributed by atoms with van der Waals surface area (Å²) < 4.78 is 13.9. The molecule has 24 heteroatoms. The number of nitrogens with one attached hydrogen (secondary N) is 1. The summed E-state index contributed by atoms with van der Waals surface area (Å²) in [6.07, 6.45) is 1.71. The average Bonchev–Trinajstić information content (AvgIpc) is 4.24. The molecule has 2 atom stereocenters. The maximum atomic E-state index is 13.4. The molecule has 10 rings (SSSR count). The smallest absolute Gasteiger partial charge is 0.411 e. The van der Waals surface area contributed by atoms with Gasteiger partial charge in [0.2, 0.25) is 0 Å². The minimum atomic E-state index is -0.690. The van der Waals surface area contributed by atoms with Gasteiger partial charge in [0.05, 0.1) is 57.7 Å². The summed E-state index contributed by atoms with van der Waals surface area (Å²) in [5.74, 6) is 1.36. The number of hydrogen-bond donors (Lipinski definition) is 3. The van der Waals surface area contributed by atoms with Gasteiger partial charge in [0.1, 0.15) is 41.7 Å². The van der Waals surface area contributed by atoms with Crippen LogP contribution in [0.4, 0.5) is 15.4 Å². The summed E-state index contributed by atoms with van der Waals surface area (Å²) in [4.78, 5) is 72.1. The first-order chi connectivity index (χ1) is 35.3. The van der Waals surface area contributed by atoms with Crippen molar-refractivity contribution in [1.29, 1.82) is 0 Å². The number of rotatable bonds is 9. The molecule has 4 aromatic heterocycles. The van der Waals surface area contributed by atoms with E-state index < -0.39 is 17.0 Å². The van der Waals surface area contributed by atoms with Crippen molar-refractivity contribution in [2.75, 3.05) is 72.8 Å². The van der Waals surface area contributed by atoms with E-state index in [2.05, 4.69) is 49.0 Å². The van der Waals surface area contributed by atoms with Gasteiger partial charge in [-0.25, -0.2) is 34.3 Å². The Kier molecular flexibility index (Phi) is 26.5. The Hall–Kier alpha value is -6.18. The molecule has 430 valence electrons. The Morgan fingerprint density at radius 3 is 1.58 bits per heavy atom. The number of carbonyl (C=O) groups is 3. The van der Waals surface area contributed by atoms with Crippen LogP contribution in [0, 0.1) is 0 Å². The first-order valence-electron chi connectivity index (χ1n) is 23.6. The molecule has 2 amide bonds. The Labute approximate surface area is 491 Å². The highest BCUT2D eigenvalue weighted by Crippen LogP contribution is 2.41. The van der Waals surface area contributed by atoms with Gasteiger partial charge in [-0.15, -0.1) is 22.7 Å². The number of halogens is 1. The van der Waals surface area contributed by atoms with Crippen LogP contribution in [0.15, 0.2) is 128 Å². The molecule has 6 aromatic rings. The van der Waals surface area contributed by atoms with Gasteiger partial charge >= 0.3 is 18.2 Å². The topological polar surface area (TPSA) is 226 Å². The average molecular weight is 1180 g/mol. The van der Waals surface area contributed by atoms with Crippen molar-refractivity contribution in [2.24, 2.45) is 15.7 Å². The molecular formula is C55H77ClN12O7S4. The number of likely N-dealkylation sites (N-methyl/N-ethyl adjacent to an activating group) is 2. The van der Waals surface area contributed by atoms with Crippen molar-refractivity contribution in [1.82, 2.24) is 39.5 Å². The second kappa shape index (κ2) is 30.4. The molecule has 0 unspecified atom stereocenters. The van der Waals surface area contributed by atoms with Crippen LogP contribution in [0.1, 0.15) is 80.2 Å². The lowest BCUT2D eigenvalue weighted by Crippen LogP contribution is -2.47. The molecule has 8 heterocycles. The molecule has 19 nitrogen and oxygen atoms in total. The molecule has 0 fully saturated rings. The van der Waals surface area contributed by atoms with Gasteiger partial charge in [0, 0.05) is 31.2 Å². The largest absolute Gasteiger partial charge is 0.440 e. The van der Waals surface area contributed by atoms with Crippen LogP contribution < -0.4 is 11.1 Å². The fourth-order valence-corrected chi connectivity index (χ4v) is 10.5. The number of aromatic nitrogens is 4. The second-order valence-electron chi connectivity index (χ2n) is 19.0. The Morgan fingerprint density at radius 1 is 0.696 bits per heavy atom. The van der Waals surface area contributed by atoms with Crippen LogP contribution in [0.5, 0.6) is 0 Å². The predicted octanol–water partition coefficient (Wildman–Crippen LogP) is 11.0. The Balaban J connectivity index is 0.000000415. The van der Waals surface area contributed by atoms with Crippen molar-refractivity contribution in [3.63, 3.8) is 0 Å². The number of amides is 2. The molecule has 0 radical (unpaired) electrons. The lowest BCUT2D eigenvalue weighted by atomic mass is 9.94. The van der Waals surface area contributed by atoms with Crippen LogP contribution in [0.25, 0.3) is 20.4 Å². The minimum Gasteiger partial charge on any atom is -0.440 e. The van der Waals surface area contributed by atoms with Crippen LogP contribution >= 0.6 is 61.3 Å². The lowest BCUT2D eigenvalue weighted by Gasteiger charge is -2.35. The Morgan fingerprint density at radius 2 is 1.13 bits per heavy atom. The summed E-state index contributed by atoms with van der Waals surface area (Å²) in [6.45, 7) is 12.5. The molecule has 0 bridgehead atoms. The van der Waals surface area contributed by atoms with E-state index in [4.69, 9.17) is 37.1 Å². The standard InChI is InChI=1S/C25H28N6O2S.C19H26N4O2.C6H3ClN2S.C2H4O3.3CH4.2H2S/c1-25(2)18-12-26-22(29-23-21-19(10-11-34-21)27-15-28-23)17(18)13-31(25)24(32)33-20(14-30(3)4)16-8-6-5-7-9-16;1-19(2)15-10-21-17(20)14(15)11-23(19)18(24)25-16(12-22(3)4)13-8-6-5-7-9-13;7-6-5-4(1-2-10-5)8-3-9-6;1-2(3)5-4;;;;;/h5-11,15,20H,12-14H2,1-4H3,(H,26,27,28,29);5-9,16H,10-12H2,1-4H3,(H2,20,21);1-3H;4H,1H3;3*1H4;2*1H2/t20-;16-;;;;;;;/m11......./s1. The van der Waals surface area contributed by atoms with E-state index in [1.54, 1.807) is 38.8 Å². The van der Waals surface area contributed by atoms with E-state index in [9.17, 15) is 14.4 Å². The quantitative estimate of drug-likeness (QED) is 0.0529. The molecule has 2 aromatic carbocycles. The highest BCUT2D eigenvalue weighted by molar-refractivity contribution is 7.59. The number of carbonyl (C=O) groups excluding carboxylic acids is 3. The van der Waals surface area contributed by atoms with Crippen LogP contribution in [0.3, 0.4) is 0 Å². The van der Waals surface area contributed by atoms with Gasteiger partial charge in [0.25, 0.3) is 0 Å². The number of aliphatic imine (C=N–C) groups is 2. The van der Waals surface area contributed by atoms with E-state index in [1.165, 1.54) is 6.33 Å². The third-order valence-electron chi connectivity index (χ3n) is 12.7. The zero-order chi connectivity index (χ0) is 53.3. The number of thiophene rings is 2. The molecule has 0 saturated heterocycles. The molecule has 0 aliphatic carbocycles. The predicted molar refractivity (Wildman–Crippen MR) is 332 cm³/mol. The third kappa shape index (κ3) is 16.5. The summed E-state index contributed by atoms with van der Waals surface area (Å²) in [5, 5.41) is 15.2. The minimum absolute atomic E-state index is 0.